The largest absolute Gasteiger partial charge is 0.378 e. The number of hydrogen-bond acceptors (Lipinski definition) is 5. The van der Waals surface area contributed by atoms with Crippen LogP contribution in [0.1, 0.15) is 15.9 Å². The van der Waals surface area contributed by atoms with E-state index in [1.807, 2.05) is 0 Å². The van der Waals surface area contributed by atoms with E-state index in [1.54, 1.807) is 42.7 Å². The lowest BCUT2D eigenvalue weighted by atomic mass is 10.1. The Morgan fingerprint density at radius 1 is 1.13 bits per heavy atom. The molecule has 0 spiro atoms. The van der Waals surface area contributed by atoms with E-state index in [4.69, 9.17) is 16.3 Å². The topological polar surface area (TPSA) is 55.3 Å². The lowest BCUT2D eigenvalue weighted by Gasteiger charge is -2.26. The van der Waals surface area contributed by atoms with E-state index < -0.39 is 0 Å². The summed E-state index contributed by atoms with van der Waals surface area (Å²) in [5.74, 6) is 0.605. The molecule has 0 aliphatic carbocycles. The normalized spacial score (nSPS) is 15.1. The average molecular weight is 330 g/mol. The Hall–Kier alpha value is -2.24. The van der Waals surface area contributed by atoms with Gasteiger partial charge in [0.2, 0.25) is 5.95 Å². The van der Waals surface area contributed by atoms with Crippen molar-refractivity contribution in [2.75, 3.05) is 31.2 Å². The quantitative estimate of drug-likeness (QED) is 0.637. The number of anilines is 1. The van der Waals surface area contributed by atoms with Crippen molar-refractivity contribution in [3.63, 3.8) is 0 Å². The Kier molecular flexibility index (Phi) is 5.00. The summed E-state index contributed by atoms with van der Waals surface area (Å²) in [6.07, 6.45) is 6.64. The number of morpholine rings is 1. The number of benzene rings is 1. The minimum atomic E-state index is -0.0843. The molecule has 1 aliphatic heterocycles. The van der Waals surface area contributed by atoms with E-state index in [0.29, 0.717) is 29.7 Å². The lowest BCUT2D eigenvalue weighted by molar-refractivity contribution is 0.104. The van der Waals surface area contributed by atoms with Crippen molar-refractivity contribution in [1.29, 1.82) is 0 Å². The Morgan fingerprint density at radius 2 is 1.78 bits per heavy atom. The van der Waals surface area contributed by atoms with E-state index in [9.17, 15) is 4.79 Å². The highest BCUT2D eigenvalue weighted by molar-refractivity contribution is 6.30. The van der Waals surface area contributed by atoms with E-state index in [2.05, 4.69) is 14.9 Å². The van der Waals surface area contributed by atoms with Crippen molar-refractivity contribution in [2.45, 2.75) is 0 Å². The van der Waals surface area contributed by atoms with Crippen molar-refractivity contribution < 1.29 is 9.53 Å². The minimum absolute atomic E-state index is 0.0843. The molecule has 1 aromatic heterocycles. The molecule has 0 saturated carbocycles. The molecule has 0 radical (unpaired) electrons. The molecule has 0 unspecified atom stereocenters. The smallest absolute Gasteiger partial charge is 0.225 e. The van der Waals surface area contributed by atoms with E-state index >= 15 is 0 Å². The summed E-state index contributed by atoms with van der Waals surface area (Å²) in [7, 11) is 0. The molecule has 6 heteroatoms. The van der Waals surface area contributed by atoms with Gasteiger partial charge in [0, 0.05) is 41.6 Å². The van der Waals surface area contributed by atoms with Crippen molar-refractivity contribution in [3.05, 3.63) is 58.9 Å². The molecule has 0 N–H and O–H groups in total. The first-order valence-electron chi connectivity index (χ1n) is 7.35. The lowest BCUT2D eigenvalue weighted by Crippen LogP contribution is -2.37. The molecule has 0 amide bonds. The van der Waals surface area contributed by atoms with E-state index in [-0.39, 0.29) is 5.78 Å². The number of ether oxygens (including phenoxy) is 1. The molecular formula is C17H16ClN3O2. The van der Waals surface area contributed by atoms with Gasteiger partial charge in [-0.15, -0.1) is 0 Å². The molecule has 2 aromatic rings. The first-order chi connectivity index (χ1) is 11.2. The van der Waals surface area contributed by atoms with E-state index in [1.165, 1.54) is 6.08 Å². The van der Waals surface area contributed by atoms with Gasteiger partial charge in [0.15, 0.2) is 5.78 Å². The van der Waals surface area contributed by atoms with Crippen LogP contribution in [0.15, 0.2) is 42.7 Å². The number of nitrogens with zero attached hydrogens (tertiary/aromatic N) is 3. The van der Waals surface area contributed by atoms with Crippen molar-refractivity contribution in [2.24, 2.45) is 0 Å². The molecule has 1 aromatic carbocycles. The molecule has 1 saturated heterocycles. The zero-order valence-corrected chi connectivity index (χ0v) is 13.2. The number of hydrogen-bond donors (Lipinski definition) is 0. The highest BCUT2D eigenvalue weighted by Crippen LogP contribution is 2.12. The second-order valence-corrected chi connectivity index (χ2v) is 5.56. The summed E-state index contributed by atoms with van der Waals surface area (Å²) in [5, 5.41) is 0.609. The molecule has 0 bridgehead atoms. The SMILES string of the molecule is O=C(/C=C\c1cnc(N2CCOCC2)nc1)c1ccc(Cl)cc1. The van der Waals surface area contributed by atoms with Crippen LogP contribution in [-0.2, 0) is 4.74 Å². The first kappa shape index (κ1) is 15.6. The Labute approximate surface area is 139 Å². The monoisotopic (exact) mass is 329 g/mol. The molecular weight excluding hydrogens is 314 g/mol. The summed E-state index contributed by atoms with van der Waals surface area (Å²) in [5.41, 5.74) is 1.38. The maximum absolute atomic E-state index is 12.1. The summed E-state index contributed by atoms with van der Waals surface area (Å²) in [6.45, 7) is 2.98. The van der Waals surface area contributed by atoms with Crippen LogP contribution in [0, 0.1) is 0 Å². The molecule has 1 aliphatic rings. The summed E-state index contributed by atoms with van der Waals surface area (Å²) < 4.78 is 5.31. The van der Waals surface area contributed by atoms with Crippen LogP contribution >= 0.6 is 11.6 Å². The van der Waals surface area contributed by atoms with Crippen LogP contribution in [-0.4, -0.2) is 42.1 Å². The Bertz CT molecular complexity index is 693. The zero-order valence-electron chi connectivity index (χ0n) is 12.5. The number of carbonyl (C=O) groups excluding carboxylic acids is 1. The molecule has 0 atom stereocenters. The van der Waals surface area contributed by atoms with Gasteiger partial charge in [-0.1, -0.05) is 11.6 Å². The predicted octanol–water partition coefficient (Wildman–Crippen LogP) is 2.86. The highest BCUT2D eigenvalue weighted by Gasteiger charge is 2.13. The van der Waals surface area contributed by atoms with Gasteiger partial charge in [-0.2, -0.15) is 0 Å². The Balaban J connectivity index is 1.65. The van der Waals surface area contributed by atoms with Crippen LogP contribution in [0.3, 0.4) is 0 Å². The second kappa shape index (κ2) is 7.35. The van der Waals surface area contributed by atoms with Gasteiger partial charge >= 0.3 is 0 Å². The third-order valence-corrected chi connectivity index (χ3v) is 3.76. The third-order valence-electron chi connectivity index (χ3n) is 3.51. The maximum atomic E-state index is 12.1. The summed E-state index contributed by atoms with van der Waals surface area (Å²) in [6, 6.07) is 6.80. The summed E-state index contributed by atoms with van der Waals surface area (Å²) >= 11 is 5.81. The van der Waals surface area contributed by atoms with Gasteiger partial charge in [-0.3, -0.25) is 4.79 Å². The van der Waals surface area contributed by atoms with Crippen LogP contribution in [0.4, 0.5) is 5.95 Å². The fourth-order valence-corrected chi connectivity index (χ4v) is 2.35. The van der Waals surface area contributed by atoms with Crippen LogP contribution in [0.2, 0.25) is 5.02 Å². The first-order valence-corrected chi connectivity index (χ1v) is 7.73. The highest BCUT2D eigenvalue weighted by atomic mass is 35.5. The fraction of sp³-hybridized carbons (Fsp3) is 0.235. The van der Waals surface area contributed by atoms with Crippen LogP contribution in [0.25, 0.3) is 6.08 Å². The summed E-state index contributed by atoms with van der Waals surface area (Å²) in [4.78, 5) is 22.8. The van der Waals surface area contributed by atoms with Gasteiger partial charge in [-0.25, -0.2) is 9.97 Å². The van der Waals surface area contributed by atoms with Crippen LogP contribution in [0.5, 0.6) is 0 Å². The number of allylic oxidation sites excluding steroid dienone is 1. The molecule has 118 valence electrons. The van der Waals surface area contributed by atoms with Gasteiger partial charge in [0.05, 0.1) is 13.2 Å². The van der Waals surface area contributed by atoms with Crippen LogP contribution < -0.4 is 4.90 Å². The number of carbonyl (C=O) groups is 1. The average Bonchev–Trinajstić information content (AvgIpc) is 2.61. The maximum Gasteiger partial charge on any atom is 0.225 e. The van der Waals surface area contributed by atoms with Crippen molar-refractivity contribution >= 4 is 29.4 Å². The molecule has 5 nitrogen and oxygen atoms in total. The van der Waals surface area contributed by atoms with E-state index in [0.717, 1.165) is 18.7 Å². The van der Waals surface area contributed by atoms with Gasteiger partial charge < -0.3 is 9.64 Å². The number of rotatable bonds is 4. The molecule has 2 heterocycles. The Morgan fingerprint density at radius 3 is 2.43 bits per heavy atom. The van der Waals surface area contributed by atoms with Gasteiger partial charge in [0.25, 0.3) is 0 Å². The number of halogens is 1. The van der Waals surface area contributed by atoms with Crippen molar-refractivity contribution in [3.8, 4) is 0 Å². The molecule has 23 heavy (non-hydrogen) atoms. The standard InChI is InChI=1S/C17H16ClN3O2/c18-15-4-2-14(3-5-15)16(22)6-1-13-11-19-17(20-12-13)21-7-9-23-10-8-21/h1-6,11-12H,7-10H2/b6-1-. The van der Waals surface area contributed by atoms with Gasteiger partial charge in [0.1, 0.15) is 0 Å². The van der Waals surface area contributed by atoms with Gasteiger partial charge in [-0.05, 0) is 36.4 Å². The number of aromatic nitrogens is 2. The van der Waals surface area contributed by atoms with Crippen molar-refractivity contribution in [1.82, 2.24) is 9.97 Å². The predicted molar refractivity (Wildman–Crippen MR) is 89.9 cm³/mol. The zero-order chi connectivity index (χ0) is 16.1. The fourth-order valence-electron chi connectivity index (χ4n) is 2.23. The number of ketones is 1. The molecule has 1 fully saturated rings. The third kappa shape index (κ3) is 4.15. The molecule has 3 rings (SSSR count). The minimum Gasteiger partial charge on any atom is -0.378 e. The second-order valence-electron chi connectivity index (χ2n) is 5.12.